The van der Waals surface area contributed by atoms with Crippen molar-refractivity contribution in [1.82, 2.24) is 0 Å². The van der Waals surface area contributed by atoms with Gasteiger partial charge in [0.2, 0.25) is 11.7 Å². The Morgan fingerprint density at radius 1 is 1.06 bits per heavy atom. The summed E-state index contributed by atoms with van der Waals surface area (Å²) in [5, 5.41) is 7.21. The molecule has 7 heteroatoms. The molecule has 0 aliphatic carbocycles. The Morgan fingerprint density at radius 2 is 1.61 bits per heavy atom. The number of hydrogen-bond acceptors (Lipinski definition) is 5. The van der Waals surface area contributed by atoms with Gasteiger partial charge in [0, 0.05) is 5.56 Å². The smallest absolute Gasteiger partial charge is 0.211 e. The van der Waals surface area contributed by atoms with Gasteiger partial charge in [0.1, 0.15) is 0 Å². The minimum atomic E-state index is -0.112. The van der Waals surface area contributed by atoms with Crippen LogP contribution in [0.25, 0.3) is 0 Å². The quantitative estimate of drug-likeness (QED) is 0.446. The monoisotopic (exact) mass is 252 g/mol. The molecule has 0 amide bonds. The topological polar surface area (TPSA) is 104 Å². The first-order valence-corrected chi connectivity index (χ1v) is 5.04. The fourth-order valence-electron chi connectivity index (χ4n) is 1.34. The predicted octanol–water partition coefficient (Wildman–Crippen LogP) is 0.320. The van der Waals surface area contributed by atoms with Crippen molar-refractivity contribution in [2.75, 3.05) is 21.3 Å². The third-order valence-corrected chi connectivity index (χ3v) is 2.07. The minimum Gasteiger partial charge on any atom is -0.493 e. The minimum absolute atomic E-state index is 0.112. The molecule has 0 aliphatic rings. The number of ether oxygens (including phenoxy) is 3. The van der Waals surface area contributed by atoms with Gasteiger partial charge in [0.25, 0.3) is 0 Å². The predicted molar refractivity (Wildman–Crippen MR) is 69.5 cm³/mol. The zero-order chi connectivity index (χ0) is 13.5. The molecule has 0 spiro atoms. The van der Waals surface area contributed by atoms with Crippen molar-refractivity contribution in [3.05, 3.63) is 17.7 Å². The van der Waals surface area contributed by atoms with E-state index in [4.69, 9.17) is 25.7 Å². The van der Waals surface area contributed by atoms with E-state index < -0.39 is 0 Å². The Hall–Kier alpha value is -2.44. The molecule has 0 fully saturated rings. The molecule has 1 rings (SSSR count). The van der Waals surface area contributed by atoms with E-state index in [9.17, 15) is 0 Å². The Balaban J connectivity index is 3.15. The average molecular weight is 252 g/mol. The summed E-state index contributed by atoms with van der Waals surface area (Å²) in [6.45, 7) is 0. The molecular weight excluding hydrogens is 236 g/mol. The second-order valence-corrected chi connectivity index (χ2v) is 3.23. The third-order valence-electron chi connectivity index (χ3n) is 2.07. The van der Waals surface area contributed by atoms with E-state index in [0.717, 1.165) is 5.56 Å². The van der Waals surface area contributed by atoms with Crippen LogP contribution in [0.2, 0.25) is 0 Å². The number of guanidine groups is 1. The van der Waals surface area contributed by atoms with Crippen LogP contribution >= 0.6 is 0 Å². The molecule has 0 atom stereocenters. The van der Waals surface area contributed by atoms with E-state index in [-0.39, 0.29) is 5.96 Å². The lowest BCUT2D eigenvalue weighted by atomic mass is 10.2. The summed E-state index contributed by atoms with van der Waals surface area (Å²) in [6.07, 6.45) is 1.48. The largest absolute Gasteiger partial charge is 0.493 e. The van der Waals surface area contributed by atoms with E-state index >= 15 is 0 Å². The van der Waals surface area contributed by atoms with Gasteiger partial charge in [-0.2, -0.15) is 5.10 Å². The molecule has 0 saturated heterocycles. The second-order valence-electron chi connectivity index (χ2n) is 3.23. The fourth-order valence-corrected chi connectivity index (χ4v) is 1.34. The molecule has 0 heterocycles. The lowest BCUT2D eigenvalue weighted by Gasteiger charge is -2.12. The molecule has 0 radical (unpaired) electrons. The van der Waals surface area contributed by atoms with Gasteiger partial charge in [0.05, 0.1) is 27.5 Å². The highest BCUT2D eigenvalue weighted by atomic mass is 16.5. The summed E-state index contributed by atoms with van der Waals surface area (Å²) >= 11 is 0. The lowest BCUT2D eigenvalue weighted by Crippen LogP contribution is -2.21. The number of nitrogens with zero attached hydrogens (tertiary/aromatic N) is 2. The maximum atomic E-state index is 5.19. The van der Waals surface area contributed by atoms with Crippen molar-refractivity contribution < 1.29 is 14.2 Å². The van der Waals surface area contributed by atoms with Crippen LogP contribution < -0.4 is 25.7 Å². The summed E-state index contributed by atoms with van der Waals surface area (Å²) in [4.78, 5) is 0. The van der Waals surface area contributed by atoms with Gasteiger partial charge in [0.15, 0.2) is 11.5 Å². The fraction of sp³-hybridized carbons (Fsp3) is 0.273. The number of nitrogens with two attached hydrogens (primary N) is 2. The highest BCUT2D eigenvalue weighted by Gasteiger charge is 2.12. The van der Waals surface area contributed by atoms with Crippen molar-refractivity contribution in [1.29, 1.82) is 0 Å². The van der Waals surface area contributed by atoms with Crippen LogP contribution in [-0.4, -0.2) is 33.5 Å². The highest BCUT2D eigenvalue weighted by molar-refractivity contribution is 5.83. The normalized spacial score (nSPS) is 10.2. The van der Waals surface area contributed by atoms with Crippen LogP contribution in [0.4, 0.5) is 0 Å². The van der Waals surface area contributed by atoms with E-state index in [2.05, 4.69) is 10.2 Å². The molecule has 4 N–H and O–H groups in total. The lowest BCUT2D eigenvalue weighted by molar-refractivity contribution is 0.324. The number of benzene rings is 1. The van der Waals surface area contributed by atoms with Crippen molar-refractivity contribution in [3.63, 3.8) is 0 Å². The zero-order valence-electron chi connectivity index (χ0n) is 10.5. The molecule has 0 aliphatic heterocycles. The molecule has 0 bridgehead atoms. The Kier molecular flexibility index (Phi) is 4.79. The van der Waals surface area contributed by atoms with E-state index in [0.29, 0.717) is 17.2 Å². The Labute approximate surface area is 105 Å². The summed E-state index contributed by atoms with van der Waals surface area (Å²) < 4.78 is 15.6. The molecule has 7 nitrogen and oxygen atoms in total. The van der Waals surface area contributed by atoms with Gasteiger partial charge in [-0.3, -0.25) is 0 Å². The van der Waals surface area contributed by atoms with Gasteiger partial charge < -0.3 is 25.7 Å². The third kappa shape index (κ3) is 3.27. The van der Waals surface area contributed by atoms with Gasteiger partial charge in [-0.1, -0.05) is 0 Å². The molecule has 98 valence electrons. The van der Waals surface area contributed by atoms with Crippen molar-refractivity contribution in [2.24, 2.45) is 21.7 Å². The van der Waals surface area contributed by atoms with Crippen molar-refractivity contribution in [3.8, 4) is 17.2 Å². The van der Waals surface area contributed by atoms with Crippen LogP contribution in [0.5, 0.6) is 17.2 Å². The first kappa shape index (κ1) is 13.6. The average Bonchev–Trinajstić information content (AvgIpc) is 2.36. The second kappa shape index (κ2) is 6.33. The molecule has 1 aromatic carbocycles. The molecule has 18 heavy (non-hydrogen) atoms. The number of methoxy groups -OCH3 is 3. The summed E-state index contributed by atoms with van der Waals surface area (Å²) in [6, 6.07) is 3.46. The summed E-state index contributed by atoms with van der Waals surface area (Å²) in [5.41, 5.74) is 11.0. The van der Waals surface area contributed by atoms with Crippen molar-refractivity contribution >= 4 is 12.2 Å². The zero-order valence-corrected chi connectivity index (χ0v) is 10.5. The van der Waals surface area contributed by atoms with Gasteiger partial charge in [-0.15, -0.1) is 5.10 Å². The standard InChI is InChI=1S/C11H16N4O3/c1-16-8-4-7(6-14-15-11(12)13)5-9(17-2)10(8)18-3/h4-6H,1-3H3,(H4,12,13,15). The first-order valence-electron chi connectivity index (χ1n) is 5.04. The van der Waals surface area contributed by atoms with Gasteiger partial charge >= 0.3 is 0 Å². The summed E-state index contributed by atoms with van der Waals surface area (Å²) in [7, 11) is 4.61. The Morgan fingerprint density at radius 3 is 2.00 bits per heavy atom. The van der Waals surface area contributed by atoms with Crippen molar-refractivity contribution in [2.45, 2.75) is 0 Å². The maximum Gasteiger partial charge on any atom is 0.211 e. The first-order chi connectivity index (χ1) is 8.62. The maximum absolute atomic E-state index is 5.19. The van der Waals surface area contributed by atoms with Crippen LogP contribution in [0.3, 0.4) is 0 Å². The SMILES string of the molecule is COc1cc(C=NN=C(N)N)cc(OC)c1OC. The molecule has 0 aromatic heterocycles. The molecule has 0 saturated carbocycles. The number of hydrogen-bond donors (Lipinski definition) is 2. The van der Waals surface area contributed by atoms with Crippen LogP contribution in [0.15, 0.2) is 22.3 Å². The number of rotatable bonds is 5. The molecule has 0 unspecified atom stereocenters. The van der Waals surface area contributed by atoms with E-state index in [1.807, 2.05) is 0 Å². The van der Waals surface area contributed by atoms with E-state index in [1.165, 1.54) is 27.5 Å². The molecule has 1 aromatic rings. The van der Waals surface area contributed by atoms with Crippen LogP contribution in [-0.2, 0) is 0 Å². The van der Waals surface area contributed by atoms with Gasteiger partial charge in [-0.25, -0.2) is 0 Å². The van der Waals surface area contributed by atoms with Crippen LogP contribution in [0, 0.1) is 0 Å². The van der Waals surface area contributed by atoms with Crippen LogP contribution in [0.1, 0.15) is 5.56 Å². The van der Waals surface area contributed by atoms with Gasteiger partial charge in [-0.05, 0) is 12.1 Å². The highest BCUT2D eigenvalue weighted by Crippen LogP contribution is 2.37. The molecular formula is C11H16N4O3. The van der Waals surface area contributed by atoms with E-state index in [1.54, 1.807) is 12.1 Å². The summed E-state index contributed by atoms with van der Waals surface area (Å²) in [5.74, 6) is 1.46. The Bertz CT molecular complexity index is 442.